The summed E-state index contributed by atoms with van der Waals surface area (Å²) < 4.78 is 0. The Kier molecular flexibility index (Phi) is 4.46. The SMILES string of the molecule is O=C(O)c1cc(-c2ccc([C@H]3CC34CCN(C(=O)C3(O)CC3)CC4)cc2)ccc1Cl. The Hall–Kier alpha value is -2.37. The van der Waals surface area contributed by atoms with Gasteiger partial charge in [-0.1, -0.05) is 41.9 Å². The van der Waals surface area contributed by atoms with Gasteiger partial charge in [0.2, 0.25) is 0 Å². The molecule has 3 aliphatic rings. The van der Waals surface area contributed by atoms with Crippen molar-refractivity contribution in [3.05, 3.63) is 58.6 Å². The zero-order valence-electron chi connectivity index (χ0n) is 16.6. The average Bonchev–Trinajstić information content (AvgIpc) is 3.66. The summed E-state index contributed by atoms with van der Waals surface area (Å²) in [6, 6.07) is 13.4. The van der Waals surface area contributed by atoms with Crippen LogP contribution in [0.2, 0.25) is 5.02 Å². The maximum absolute atomic E-state index is 12.4. The number of aromatic carboxylic acids is 1. The van der Waals surface area contributed by atoms with Crippen molar-refractivity contribution in [2.24, 2.45) is 5.41 Å². The summed E-state index contributed by atoms with van der Waals surface area (Å²) in [6.45, 7) is 1.47. The van der Waals surface area contributed by atoms with E-state index in [9.17, 15) is 19.8 Å². The predicted molar refractivity (Wildman–Crippen MR) is 114 cm³/mol. The Morgan fingerprint density at radius 2 is 1.60 bits per heavy atom. The fourth-order valence-electron chi connectivity index (χ4n) is 4.93. The third kappa shape index (κ3) is 3.30. The van der Waals surface area contributed by atoms with Crippen molar-refractivity contribution >= 4 is 23.5 Å². The molecule has 1 spiro atoms. The smallest absolute Gasteiger partial charge is 0.337 e. The van der Waals surface area contributed by atoms with Gasteiger partial charge in [-0.05, 0) is 72.3 Å². The maximum Gasteiger partial charge on any atom is 0.337 e. The Balaban J connectivity index is 1.26. The van der Waals surface area contributed by atoms with Crippen LogP contribution in [0.5, 0.6) is 0 Å². The molecule has 0 aromatic heterocycles. The highest BCUT2D eigenvalue weighted by molar-refractivity contribution is 6.33. The molecule has 2 N–H and O–H groups in total. The minimum Gasteiger partial charge on any atom is -0.478 e. The third-order valence-corrected chi connectivity index (χ3v) is 7.53. The van der Waals surface area contributed by atoms with E-state index in [-0.39, 0.29) is 21.9 Å². The number of carboxylic acids is 1. The fourth-order valence-corrected chi connectivity index (χ4v) is 5.13. The van der Waals surface area contributed by atoms with Gasteiger partial charge in [0.05, 0.1) is 10.6 Å². The van der Waals surface area contributed by atoms with E-state index < -0.39 is 11.6 Å². The van der Waals surface area contributed by atoms with E-state index in [0.717, 1.165) is 43.5 Å². The maximum atomic E-state index is 12.4. The van der Waals surface area contributed by atoms with Gasteiger partial charge in [-0.2, -0.15) is 0 Å². The van der Waals surface area contributed by atoms with Gasteiger partial charge in [0.25, 0.3) is 5.91 Å². The first-order valence-corrected chi connectivity index (χ1v) is 10.8. The van der Waals surface area contributed by atoms with Gasteiger partial charge in [0.15, 0.2) is 0 Å². The van der Waals surface area contributed by atoms with Crippen molar-refractivity contribution in [2.75, 3.05) is 13.1 Å². The quantitative estimate of drug-likeness (QED) is 0.764. The molecule has 5 nitrogen and oxygen atoms in total. The van der Waals surface area contributed by atoms with Crippen LogP contribution in [0, 0.1) is 5.41 Å². The molecule has 5 rings (SSSR count). The van der Waals surface area contributed by atoms with Gasteiger partial charge in [0, 0.05) is 13.1 Å². The van der Waals surface area contributed by atoms with Crippen LogP contribution in [-0.2, 0) is 4.79 Å². The van der Waals surface area contributed by atoms with Crippen molar-refractivity contribution in [1.29, 1.82) is 0 Å². The fraction of sp³-hybridized carbons (Fsp3) is 0.417. The van der Waals surface area contributed by atoms with Crippen molar-refractivity contribution in [3.8, 4) is 11.1 Å². The first kappa shape index (κ1) is 19.6. The average molecular weight is 426 g/mol. The molecule has 1 amide bonds. The van der Waals surface area contributed by atoms with Crippen LogP contribution in [0.15, 0.2) is 42.5 Å². The minimum absolute atomic E-state index is 0.0809. The van der Waals surface area contributed by atoms with Gasteiger partial charge >= 0.3 is 5.97 Å². The van der Waals surface area contributed by atoms with Crippen molar-refractivity contribution in [2.45, 2.75) is 43.6 Å². The Morgan fingerprint density at radius 3 is 2.20 bits per heavy atom. The molecule has 1 heterocycles. The molecule has 30 heavy (non-hydrogen) atoms. The number of piperidine rings is 1. The molecule has 2 aromatic rings. The lowest BCUT2D eigenvalue weighted by Crippen LogP contribution is -2.45. The van der Waals surface area contributed by atoms with Gasteiger partial charge in [-0.3, -0.25) is 4.79 Å². The van der Waals surface area contributed by atoms with Gasteiger partial charge < -0.3 is 15.1 Å². The van der Waals surface area contributed by atoms with E-state index in [1.165, 1.54) is 5.56 Å². The molecule has 1 atom stereocenters. The summed E-state index contributed by atoms with van der Waals surface area (Å²) in [5.41, 5.74) is 2.42. The number of hydrogen-bond acceptors (Lipinski definition) is 3. The normalized spacial score (nSPS) is 23.3. The van der Waals surface area contributed by atoms with Gasteiger partial charge in [0.1, 0.15) is 5.60 Å². The van der Waals surface area contributed by atoms with E-state index >= 15 is 0 Å². The summed E-state index contributed by atoms with van der Waals surface area (Å²) in [6.07, 6.45) is 4.32. The van der Waals surface area contributed by atoms with Crippen molar-refractivity contribution in [3.63, 3.8) is 0 Å². The van der Waals surface area contributed by atoms with Crippen LogP contribution in [0.25, 0.3) is 11.1 Å². The van der Waals surface area contributed by atoms with E-state index in [1.54, 1.807) is 12.1 Å². The number of rotatable bonds is 4. The lowest BCUT2D eigenvalue weighted by Gasteiger charge is -2.34. The number of aliphatic hydroxyl groups is 1. The monoisotopic (exact) mass is 425 g/mol. The summed E-state index contributed by atoms with van der Waals surface area (Å²) in [5.74, 6) is -0.604. The van der Waals surface area contributed by atoms with Crippen LogP contribution in [0.4, 0.5) is 0 Å². The molecule has 1 saturated heterocycles. The second kappa shape index (κ2) is 6.82. The van der Waals surface area contributed by atoms with Crippen LogP contribution in [-0.4, -0.2) is 45.7 Å². The molecule has 156 valence electrons. The Bertz CT molecular complexity index is 1020. The summed E-state index contributed by atoms with van der Waals surface area (Å²) in [7, 11) is 0. The van der Waals surface area contributed by atoms with Crippen LogP contribution in [0.1, 0.15) is 53.9 Å². The van der Waals surface area contributed by atoms with E-state index in [2.05, 4.69) is 12.1 Å². The number of benzene rings is 2. The standard InChI is InChI=1S/C24H24ClNO4/c25-20-6-5-17(13-18(20)21(27)28)15-1-3-16(4-2-15)19-14-23(19)9-11-26(12-10-23)22(29)24(30)7-8-24/h1-6,13,19,30H,7-12,14H2,(H,27,28)/t19-/m1/s1. The molecule has 6 heteroatoms. The molecule has 2 saturated carbocycles. The van der Waals surface area contributed by atoms with Crippen LogP contribution in [0.3, 0.4) is 0 Å². The second-order valence-corrected chi connectivity index (χ2v) is 9.47. The first-order chi connectivity index (χ1) is 14.3. The zero-order valence-corrected chi connectivity index (χ0v) is 17.4. The number of carbonyl (C=O) groups is 2. The molecule has 0 radical (unpaired) electrons. The number of nitrogens with zero attached hydrogens (tertiary/aromatic N) is 1. The lowest BCUT2D eigenvalue weighted by atomic mass is 9.88. The molecule has 2 aromatic carbocycles. The van der Waals surface area contributed by atoms with E-state index in [0.29, 0.717) is 18.8 Å². The van der Waals surface area contributed by atoms with Crippen LogP contribution >= 0.6 is 11.6 Å². The third-order valence-electron chi connectivity index (χ3n) is 7.20. The van der Waals surface area contributed by atoms with E-state index in [1.807, 2.05) is 23.1 Å². The molecular formula is C24H24ClNO4. The molecule has 2 aliphatic carbocycles. The Labute approximate surface area is 180 Å². The number of halogens is 1. The number of amides is 1. The topological polar surface area (TPSA) is 77.8 Å². The summed E-state index contributed by atoms with van der Waals surface area (Å²) in [4.78, 5) is 25.5. The van der Waals surface area contributed by atoms with Gasteiger partial charge in [-0.15, -0.1) is 0 Å². The number of carboxylic acid groups (broad SMARTS) is 1. The zero-order chi connectivity index (χ0) is 21.1. The lowest BCUT2D eigenvalue weighted by molar-refractivity contribution is -0.144. The molecule has 0 bridgehead atoms. The predicted octanol–water partition coefficient (Wildman–Crippen LogP) is 4.33. The summed E-state index contributed by atoms with van der Waals surface area (Å²) in [5, 5.41) is 19.6. The first-order valence-electron chi connectivity index (χ1n) is 10.5. The van der Waals surface area contributed by atoms with Gasteiger partial charge in [-0.25, -0.2) is 4.79 Å². The number of likely N-dealkylation sites (tertiary alicyclic amines) is 1. The highest BCUT2D eigenvalue weighted by atomic mass is 35.5. The Morgan fingerprint density at radius 1 is 0.967 bits per heavy atom. The van der Waals surface area contributed by atoms with Crippen molar-refractivity contribution < 1.29 is 19.8 Å². The van der Waals surface area contributed by atoms with Crippen LogP contribution < -0.4 is 0 Å². The molecule has 3 fully saturated rings. The molecule has 1 aliphatic heterocycles. The number of hydrogen-bond donors (Lipinski definition) is 2. The molecule has 0 unspecified atom stereocenters. The second-order valence-electron chi connectivity index (χ2n) is 9.06. The number of carbonyl (C=O) groups excluding carboxylic acids is 1. The minimum atomic E-state index is -1.06. The highest BCUT2D eigenvalue weighted by Crippen LogP contribution is 2.65. The highest BCUT2D eigenvalue weighted by Gasteiger charge is 2.57. The largest absolute Gasteiger partial charge is 0.478 e. The van der Waals surface area contributed by atoms with Crippen molar-refractivity contribution in [1.82, 2.24) is 4.90 Å². The molecular weight excluding hydrogens is 402 g/mol. The van der Waals surface area contributed by atoms with E-state index in [4.69, 9.17) is 11.6 Å². The summed E-state index contributed by atoms with van der Waals surface area (Å²) >= 11 is 5.98.